The fraction of sp³-hybridized carbons (Fsp3) is 0.393. The first kappa shape index (κ1) is 29.9. The van der Waals surface area contributed by atoms with Crippen molar-refractivity contribution in [1.29, 1.82) is 0 Å². The van der Waals surface area contributed by atoms with Gasteiger partial charge in [-0.25, -0.2) is 4.79 Å². The number of aryl methyl sites for hydroxylation is 1. The highest BCUT2D eigenvalue weighted by Crippen LogP contribution is 2.26. The Kier molecular flexibility index (Phi) is 10.9. The van der Waals surface area contributed by atoms with Crippen LogP contribution in [0, 0.1) is 6.92 Å². The zero-order valence-electron chi connectivity index (χ0n) is 22.7. The van der Waals surface area contributed by atoms with E-state index >= 15 is 0 Å². The molecule has 4 N–H and O–H groups in total. The molecule has 1 fully saturated rings. The van der Waals surface area contributed by atoms with E-state index in [1.165, 1.54) is 12.0 Å². The van der Waals surface area contributed by atoms with Crippen LogP contribution < -0.4 is 20.7 Å². The van der Waals surface area contributed by atoms with Crippen LogP contribution in [0.2, 0.25) is 0 Å². The van der Waals surface area contributed by atoms with Gasteiger partial charge in [-0.15, -0.1) is 0 Å². The SMILES string of the molecule is COc1cc(CC(=O)NCC(=O)N(CCC(=O)O)CCN2CCCC2=O)ccc1NC(=O)Nc1ccccc1C. The van der Waals surface area contributed by atoms with Crippen LogP contribution in [0.5, 0.6) is 5.75 Å². The van der Waals surface area contributed by atoms with Gasteiger partial charge in [-0.3, -0.25) is 19.2 Å². The van der Waals surface area contributed by atoms with Gasteiger partial charge in [-0.05, 0) is 42.7 Å². The first-order valence-electron chi connectivity index (χ1n) is 13.0. The number of hydrogen-bond acceptors (Lipinski definition) is 6. The second kappa shape index (κ2) is 14.5. The lowest BCUT2D eigenvalue weighted by atomic mass is 10.1. The Morgan fingerprint density at radius 2 is 1.80 bits per heavy atom. The first-order valence-corrected chi connectivity index (χ1v) is 13.0. The number of rotatable bonds is 13. The van der Waals surface area contributed by atoms with Crippen LogP contribution >= 0.6 is 0 Å². The van der Waals surface area contributed by atoms with E-state index in [4.69, 9.17) is 9.84 Å². The first-order chi connectivity index (χ1) is 19.2. The van der Waals surface area contributed by atoms with E-state index in [1.807, 2.05) is 25.1 Å². The Hall–Kier alpha value is -4.61. The van der Waals surface area contributed by atoms with E-state index in [-0.39, 0.29) is 38.4 Å². The van der Waals surface area contributed by atoms with E-state index in [2.05, 4.69) is 16.0 Å². The number of methoxy groups -OCH3 is 1. The largest absolute Gasteiger partial charge is 0.495 e. The molecule has 2 aromatic rings. The Morgan fingerprint density at radius 3 is 2.48 bits per heavy atom. The van der Waals surface area contributed by atoms with Crippen molar-refractivity contribution in [3.8, 4) is 5.75 Å². The molecule has 2 aromatic carbocycles. The fourth-order valence-electron chi connectivity index (χ4n) is 4.25. The van der Waals surface area contributed by atoms with Gasteiger partial charge in [-0.2, -0.15) is 0 Å². The quantitative estimate of drug-likeness (QED) is 0.296. The van der Waals surface area contributed by atoms with Crippen LogP contribution in [-0.4, -0.2) is 84.5 Å². The molecule has 0 unspecified atom stereocenters. The molecule has 0 saturated carbocycles. The summed E-state index contributed by atoms with van der Waals surface area (Å²) in [6.45, 7) is 2.69. The summed E-state index contributed by atoms with van der Waals surface area (Å²) in [5.74, 6) is -1.52. The summed E-state index contributed by atoms with van der Waals surface area (Å²) in [5, 5.41) is 17.1. The van der Waals surface area contributed by atoms with Crippen molar-refractivity contribution in [3.63, 3.8) is 0 Å². The standard InChI is InChI=1S/C28H35N5O7/c1-19-6-3-4-7-21(19)30-28(39)31-22-10-9-20(16-23(22)40-2)17-24(34)29-18-26(36)33(13-11-27(37)38)15-14-32-12-5-8-25(32)35/h3-4,6-7,9-10,16H,5,8,11-15,17-18H2,1-2H3,(H,29,34)(H,37,38)(H2,30,31,39). The van der Waals surface area contributed by atoms with E-state index in [0.717, 1.165) is 12.0 Å². The average molecular weight is 554 g/mol. The van der Waals surface area contributed by atoms with Gasteiger partial charge >= 0.3 is 12.0 Å². The van der Waals surface area contributed by atoms with Crippen LogP contribution in [0.15, 0.2) is 42.5 Å². The van der Waals surface area contributed by atoms with Crippen molar-refractivity contribution in [2.24, 2.45) is 0 Å². The van der Waals surface area contributed by atoms with E-state index < -0.39 is 23.8 Å². The predicted octanol–water partition coefficient (Wildman–Crippen LogP) is 2.23. The summed E-state index contributed by atoms with van der Waals surface area (Å²) in [6.07, 6.45) is 0.954. The summed E-state index contributed by atoms with van der Waals surface area (Å²) in [5.41, 5.74) is 2.60. The fourth-order valence-corrected chi connectivity index (χ4v) is 4.25. The monoisotopic (exact) mass is 553 g/mol. The molecule has 12 nitrogen and oxygen atoms in total. The normalized spacial score (nSPS) is 12.6. The van der Waals surface area contributed by atoms with Crippen LogP contribution in [-0.2, 0) is 25.6 Å². The number of carboxylic acids is 1. The Balaban J connectivity index is 1.53. The van der Waals surface area contributed by atoms with Crippen molar-refractivity contribution in [3.05, 3.63) is 53.6 Å². The summed E-state index contributed by atoms with van der Waals surface area (Å²) >= 11 is 0. The molecule has 1 heterocycles. The molecule has 3 rings (SSSR count). The van der Waals surface area contributed by atoms with Crippen LogP contribution in [0.25, 0.3) is 0 Å². The molecule has 1 aliphatic rings. The number of urea groups is 1. The molecule has 40 heavy (non-hydrogen) atoms. The summed E-state index contributed by atoms with van der Waals surface area (Å²) < 4.78 is 5.38. The van der Waals surface area contributed by atoms with E-state index in [9.17, 15) is 24.0 Å². The molecular weight excluding hydrogens is 518 g/mol. The minimum atomic E-state index is -1.04. The number of carbonyl (C=O) groups is 5. The number of nitrogens with one attached hydrogen (secondary N) is 3. The number of amides is 5. The Morgan fingerprint density at radius 1 is 1.05 bits per heavy atom. The lowest BCUT2D eigenvalue weighted by molar-refractivity contribution is -0.139. The lowest BCUT2D eigenvalue weighted by Crippen LogP contribution is -2.45. The third-order valence-electron chi connectivity index (χ3n) is 6.47. The molecule has 0 bridgehead atoms. The number of para-hydroxylation sites is 1. The van der Waals surface area contributed by atoms with Gasteiger partial charge < -0.3 is 35.6 Å². The number of carboxylic acid groups (broad SMARTS) is 1. The molecule has 1 saturated heterocycles. The molecule has 1 aliphatic heterocycles. The van der Waals surface area contributed by atoms with Crippen molar-refractivity contribution in [2.75, 3.05) is 50.5 Å². The molecular formula is C28H35N5O7. The number of carbonyl (C=O) groups excluding carboxylic acids is 4. The maximum Gasteiger partial charge on any atom is 0.323 e. The highest BCUT2D eigenvalue weighted by Gasteiger charge is 2.22. The lowest BCUT2D eigenvalue weighted by Gasteiger charge is -2.25. The van der Waals surface area contributed by atoms with Gasteiger partial charge in [0.15, 0.2) is 0 Å². The summed E-state index contributed by atoms with van der Waals surface area (Å²) in [4.78, 5) is 63.7. The number of nitrogens with zero attached hydrogens (tertiary/aromatic N) is 2. The average Bonchev–Trinajstić information content (AvgIpc) is 3.33. The van der Waals surface area contributed by atoms with Gasteiger partial charge in [0.05, 0.1) is 32.2 Å². The van der Waals surface area contributed by atoms with Gasteiger partial charge in [0.2, 0.25) is 17.7 Å². The Labute approximate surface area is 232 Å². The van der Waals surface area contributed by atoms with E-state index in [0.29, 0.717) is 42.2 Å². The third-order valence-corrected chi connectivity index (χ3v) is 6.47. The molecule has 0 aliphatic carbocycles. The minimum Gasteiger partial charge on any atom is -0.495 e. The smallest absolute Gasteiger partial charge is 0.323 e. The Bertz CT molecular complexity index is 1250. The molecule has 0 spiro atoms. The zero-order chi connectivity index (χ0) is 29.1. The number of aliphatic carboxylic acids is 1. The van der Waals surface area contributed by atoms with E-state index in [1.54, 1.807) is 29.2 Å². The van der Waals surface area contributed by atoms with Gasteiger partial charge in [0.25, 0.3) is 0 Å². The number of hydrogen-bond donors (Lipinski definition) is 4. The highest BCUT2D eigenvalue weighted by molar-refractivity contribution is 6.01. The molecule has 0 radical (unpaired) electrons. The van der Waals surface area contributed by atoms with Crippen molar-refractivity contribution in [2.45, 2.75) is 32.6 Å². The molecule has 0 atom stereocenters. The van der Waals surface area contributed by atoms with Crippen molar-refractivity contribution >= 4 is 41.1 Å². The van der Waals surface area contributed by atoms with Crippen LogP contribution in [0.4, 0.5) is 16.2 Å². The topological polar surface area (TPSA) is 157 Å². The minimum absolute atomic E-state index is 0.0162. The number of benzene rings is 2. The number of ether oxygens (including phenoxy) is 1. The molecule has 5 amide bonds. The predicted molar refractivity (Wildman–Crippen MR) is 148 cm³/mol. The second-order valence-electron chi connectivity index (χ2n) is 9.39. The molecule has 214 valence electrons. The molecule has 12 heteroatoms. The highest BCUT2D eigenvalue weighted by atomic mass is 16.5. The summed E-state index contributed by atoms with van der Waals surface area (Å²) in [6, 6.07) is 11.8. The summed E-state index contributed by atoms with van der Waals surface area (Å²) in [7, 11) is 1.45. The second-order valence-corrected chi connectivity index (χ2v) is 9.39. The van der Waals surface area contributed by atoms with Crippen LogP contribution in [0.1, 0.15) is 30.4 Å². The zero-order valence-corrected chi connectivity index (χ0v) is 22.7. The van der Waals surface area contributed by atoms with Crippen molar-refractivity contribution in [1.82, 2.24) is 15.1 Å². The number of likely N-dealkylation sites (tertiary alicyclic amines) is 1. The van der Waals surface area contributed by atoms with Gasteiger partial charge in [-0.1, -0.05) is 24.3 Å². The third kappa shape index (κ3) is 9.00. The van der Waals surface area contributed by atoms with Gasteiger partial charge in [0, 0.05) is 38.3 Å². The maximum absolute atomic E-state index is 12.7. The van der Waals surface area contributed by atoms with Crippen LogP contribution in [0.3, 0.4) is 0 Å². The van der Waals surface area contributed by atoms with Gasteiger partial charge in [0.1, 0.15) is 5.75 Å². The van der Waals surface area contributed by atoms with Crippen molar-refractivity contribution < 1.29 is 33.8 Å². The number of anilines is 2. The molecule has 0 aromatic heterocycles. The maximum atomic E-state index is 12.7.